The van der Waals surface area contributed by atoms with Gasteiger partial charge in [0.25, 0.3) is 27.9 Å². The van der Waals surface area contributed by atoms with Crippen LogP contribution in [-0.2, 0) is 79.6 Å². The summed E-state index contributed by atoms with van der Waals surface area (Å²) in [5.74, 6) is 7.56. The number of nitrogens with two attached hydrogens (primary N) is 4. The van der Waals surface area contributed by atoms with E-state index in [2.05, 4.69) is 120 Å². The molecular formula is C85H96BN21NaO29. The van der Waals surface area contributed by atoms with Crippen molar-refractivity contribution in [2.24, 2.45) is 27.5 Å². The number of hydrogen-bond donors (Lipinski definition) is 14. The molecule has 0 bridgehead atoms. The number of esters is 9. The Kier molecular flexibility index (Phi) is 52.0. The van der Waals surface area contributed by atoms with Crippen LogP contribution in [0.4, 0.5) is 28.7 Å². The van der Waals surface area contributed by atoms with Gasteiger partial charge in [-0.1, -0.05) is 63.7 Å². The van der Waals surface area contributed by atoms with Gasteiger partial charge in [-0.2, -0.15) is 15.5 Å². The van der Waals surface area contributed by atoms with E-state index in [1.807, 2.05) is 31.4 Å². The number of carbonyl (C=O) groups is 11. The van der Waals surface area contributed by atoms with Gasteiger partial charge >= 0.3 is 95.2 Å². The molecule has 18 N–H and O–H groups in total. The number of benzene rings is 5. The van der Waals surface area contributed by atoms with Crippen LogP contribution in [0.5, 0.6) is 0 Å². The number of amidine groups is 2. The number of rotatable bonds is 16. The number of nitrogens with zero attached hydrogens (tertiary/aromatic N) is 9. The molecule has 2 aliphatic heterocycles. The smallest absolute Gasteiger partial charge is 1.00 e. The Balaban J connectivity index is 0.00000154. The number of aliphatic hydroxyl groups excluding tert-OH is 1. The Labute approximate surface area is 801 Å². The zero-order valence-electron chi connectivity index (χ0n) is 76.1. The van der Waals surface area contributed by atoms with Gasteiger partial charge in [0, 0.05) is 52.5 Å². The van der Waals surface area contributed by atoms with Crippen molar-refractivity contribution in [3.05, 3.63) is 252 Å². The molecule has 7 heterocycles. The van der Waals surface area contributed by atoms with Crippen LogP contribution in [0.2, 0.25) is 0 Å². The number of carbonyl (C=O) groups excluding carboxylic acids is 10. The van der Waals surface area contributed by atoms with Crippen molar-refractivity contribution in [1.82, 2.24) is 55.7 Å². The number of H-pyrrole nitrogens is 5. The van der Waals surface area contributed by atoms with E-state index in [0.29, 0.717) is 58.5 Å². The number of aromatic nitrogens is 10. The first-order valence-corrected chi connectivity index (χ1v) is 38.8. The summed E-state index contributed by atoms with van der Waals surface area (Å²) in [5.41, 5.74) is 7.48. The molecule has 0 spiro atoms. The average molecular weight is 1910 g/mol. The van der Waals surface area contributed by atoms with Crippen molar-refractivity contribution in [1.29, 1.82) is 5.26 Å². The number of aliphatic hydroxyl groups is 1. The number of amides is 1. The quantitative estimate of drug-likeness (QED) is 0.00753. The Morgan fingerprint density at radius 2 is 1.07 bits per heavy atom. The summed E-state index contributed by atoms with van der Waals surface area (Å²) < 4.78 is 40.6. The third kappa shape index (κ3) is 33.8. The monoisotopic (exact) mass is 1910 g/mol. The van der Waals surface area contributed by atoms with E-state index < -0.39 is 82.3 Å². The van der Waals surface area contributed by atoms with Crippen LogP contribution >= 0.6 is 0 Å². The van der Waals surface area contributed by atoms with Crippen molar-refractivity contribution < 1.29 is 141 Å². The maximum absolute atomic E-state index is 12.0. The van der Waals surface area contributed by atoms with Gasteiger partial charge in [0.1, 0.15) is 29.7 Å². The van der Waals surface area contributed by atoms with Crippen molar-refractivity contribution in [3.63, 3.8) is 0 Å². The fraction of sp³-hybridized carbons (Fsp3) is 0.247. The number of fused-ring (bicyclic) bond motifs is 2. The van der Waals surface area contributed by atoms with Crippen LogP contribution in [0.15, 0.2) is 178 Å². The van der Waals surface area contributed by atoms with Crippen LogP contribution < -0.4 is 96.7 Å². The molecule has 0 atom stereocenters. The first kappa shape index (κ1) is 118. The minimum Gasteiger partial charge on any atom is -1.00 e. The molecule has 3 radical (unpaired) electrons. The number of hydrogen-bond acceptors (Lipinski definition) is 42. The number of allylic oxidation sites excluding steroid dienone is 2. The van der Waals surface area contributed by atoms with E-state index in [0.717, 1.165) is 43.6 Å². The summed E-state index contributed by atoms with van der Waals surface area (Å²) in [7, 11) is 7.18. The topological polar surface area (TPSA) is 772 Å². The summed E-state index contributed by atoms with van der Waals surface area (Å²) in [6, 6.07) is 31.1. The molecule has 50 nitrogen and oxygen atoms in total. The molecule has 13 rings (SSSR count). The van der Waals surface area contributed by atoms with Gasteiger partial charge in [0.15, 0.2) is 23.5 Å². The zero-order chi connectivity index (χ0) is 100. The predicted octanol–water partition coefficient (Wildman–Crippen LogP) is 1.66. The third-order valence-corrected chi connectivity index (χ3v) is 17.0. The van der Waals surface area contributed by atoms with Gasteiger partial charge in [0.2, 0.25) is 11.4 Å². The number of nitrogen functional groups attached to an aromatic ring is 1. The summed E-state index contributed by atoms with van der Waals surface area (Å²) in [6.07, 6.45) is 4.60. The van der Waals surface area contributed by atoms with Gasteiger partial charge < -0.3 is 85.6 Å². The van der Waals surface area contributed by atoms with E-state index in [1.165, 1.54) is 96.2 Å². The van der Waals surface area contributed by atoms with E-state index in [9.17, 15) is 86.8 Å². The van der Waals surface area contributed by atoms with Gasteiger partial charge in [-0.25, -0.2) is 84.1 Å². The molecule has 1 aliphatic carbocycles. The SMILES string of the molecule is C.CCC1=Nc2n[nH]c(=O)c3cccc(c23)N1.CCOC(=O)C#N.CCOC(=O)c1nc2cccc(C(=O)OC)c2c(=O)[nH]1.CCOC(C)=O.CCc1nc2cccc(C(=O)OC)c2c(=O)[nH]1.COC(=O)C1=CCCC([N+](=O)[O-])=C1C(=O)OC.COC(=O)c1cccc(N)c1C(=O)OC.NN.NNC(=O)C1=Nc2n[nH]c(=O)c3cccc(c23)N1.O=C(O)c1ccccnc(CO)[nH]c(=O)c1.[B].[H-].[Na+]. The average Bonchev–Trinajstić information content (AvgIpc) is 0.763. The number of carboxylic acids is 1. The van der Waals surface area contributed by atoms with E-state index in [4.69, 9.17) is 31.8 Å². The van der Waals surface area contributed by atoms with Crippen molar-refractivity contribution >= 4 is 158 Å². The number of anilines is 3. The van der Waals surface area contributed by atoms with Crippen LogP contribution in [0.3, 0.4) is 0 Å². The third-order valence-electron chi connectivity index (χ3n) is 17.0. The number of methoxy groups -OCH3 is 6. The minimum atomic E-state index is -1.21. The van der Waals surface area contributed by atoms with E-state index in [1.54, 1.807) is 75.4 Å². The summed E-state index contributed by atoms with van der Waals surface area (Å²) in [4.78, 5) is 218. The molecule has 3 aliphatic rings. The fourth-order valence-corrected chi connectivity index (χ4v) is 11.2. The molecule has 0 saturated heterocycles. The largest absolute Gasteiger partial charge is 1.00 e. The predicted molar refractivity (Wildman–Crippen MR) is 492 cm³/mol. The van der Waals surface area contributed by atoms with Gasteiger partial charge in [-0.05, 0) is 100.0 Å². The van der Waals surface area contributed by atoms with Crippen molar-refractivity contribution in [2.75, 3.05) is 78.8 Å². The number of carboxylic acid groups (broad SMARTS) is 1. The van der Waals surface area contributed by atoms with Gasteiger partial charge in [0.05, 0.1) is 156 Å². The number of aromatic carboxylic acids is 1. The van der Waals surface area contributed by atoms with Crippen molar-refractivity contribution in [3.8, 4) is 6.07 Å². The summed E-state index contributed by atoms with van der Waals surface area (Å²) in [5, 5.41) is 57.5. The second-order valence-corrected chi connectivity index (χ2v) is 25.2. The molecule has 0 fully saturated rings. The molecule has 0 unspecified atom stereocenters. The summed E-state index contributed by atoms with van der Waals surface area (Å²) in [6.45, 7) is 10.9. The number of nitriles is 1. The first-order valence-electron chi connectivity index (χ1n) is 38.8. The molecular weight excluding hydrogens is 1810 g/mol. The molecule has 52 heteroatoms. The number of nitro groups is 1. The molecule has 0 saturated carbocycles. The fourth-order valence-electron chi connectivity index (χ4n) is 11.2. The number of ether oxygens (including phenoxy) is 9. The first-order chi connectivity index (χ1) is 64.1. The number of aromatic amines is 5. The second kappa shape index (κ2) is 60.3. The van der Waals surface area contributed by atoms with Crippen molar-refractivity contribution in [2.45, 2.75) is 81.3 Å². The maximum atomic E-state index is 12.0. The molecule has 5 aromatic carbocycles. The molecule has 5 aromatic heterocycles. The molecule has 10 aromatic rings. The standard InChI is InChI=1S/C13H12N2O5.C12H12N2O3.C11H10N4O.C10H8N6O2.C10H10N2O4.C10H11NO6.C10H11NO4.C4H5NO2.C4H8O2.CH4.B.H4N2.Na.H/c1-3-20-13(18)10-14-8-6-4-5-7(12(17)19-2)9(8)11(16)15-10;1-3-9-13-8-6-4-5-7(12(16)17-2)10(8)11(15)14-9;1-2-8-12-7-5-3-4-6-9(7)10(13-8)14-15-11(6)16;11-14-10(18)8-12-5-3-1-2-4-6(5)7(13-8)15-16-9(4)17;13-6-8-11-4-2-1-3-7(10(15)16)5-9(14)12-8;1-16-9(12)6-4-3-5-7(11(14)15)8(6)10(13)17-2;1-14-9(12)6-4-3-5-7(11)8(6)10(13)15-2;1-2-7-4(6)3-5;1-3-6-4(2)5;;;1-2;;/h4-6H,3H2,1-2H3,(H,14,15,16);4-6H,3H2,1-2H3,(H,13,14,15);3-5H,2H2,1H3,(H,15,16)(H,12,13,14);1-3H,11H2,(H,14,18)(H,16,17)(H,12,13,15);1-5,13H,6H2,(H,15,16)(H,11,12,14);4H,3,5H2,1-2H3;3-5H,11H2,1-2H3;2H2,1H3;3H2,1-2H3;1H4;;1-2H2;;/q;;;;;;;;;;;;+1;-1. The van der Waals surface area contributed by atoms with Crippen LogP contribution in [-0.4, -0.2) is 214 Å². The normalized spacial score (nSPS) is 10.8. The second-order valence-electron chi connectivity index (χ2n) is 25.2. The van der Waals surface area contributed by atoms with Crippen LogP contribution in [0.25, 0.3) is 43.4 Å². The Bertz CT molecular complexity index is 6640. The van der Waals surface area contributed by atoms with E-state index in [-0.39, 0.29) is 179 Å². The minimum absolute atomic E-state index is 0. The maximum Gasteiger partial charge on any atom is 1.00 e. The molecule has 1 amide bonds. The van der Waals surface area contributed by atoms with Crippen LogP contribution in [0.1, 0.15) is 144 Å². The van der Waals surface area contributed by atoms with Gasteiger partial charge in [-0.3, -0.25) is 60.8 Å². The number of hydrazine groups is 2. The Morgan fingerprint density at radius 1 is 0.577 bits per heavy atom. The Morgan fingerprint density at radius 3 is 1.54 bits per heavy atom. The number of aryl methyl sites for hydroxylation is 1. The number of nitrogens with one attached hydrogen (secondary N) is 8. The molecule has 719 valence electrons. The van der Waals surface area contributed by atoms with E-state index >= 15 is 0 Å². The van der Waals surface area contributed by atoms with Gasteiger partial charge in [-0.15, -0.1) is 0 Å². The summed E-state index contributed by atoms with van der Waals surface area (Å²) >= 11 is 0. The zero-order valence-corrected chi connectivity index (χ0v) is 77.1. The Hall–Kier alpha value is -16.8. The van der Waals surface area contributed by atoms with Crippen LogP contribution in [0, 0.1) is 21.4 Å². The molecule has 137 heavy (non-hydrogen) atoms. The number of aliphatic imine (C=N–C) groups is 2.